The molecule has 100 valence electrons. The van der Waals surface area contributed by atoms with E-state index in [0.717, 1.165) is 25.6 Å². The zero-order chi connectivity index (χ0) is 12.9. The minimum atomic E-state index is 0.785. The van der Waals surface area contributed by atoms with Gasteiger partial charge in [0.2, 0.25) is 0 Å². The third-order valence-electron chi connectivity index (χ3n) is 3.78. The second kappa shape index (κ2) is 6.07. The Kier molecular flexibility index (Phi) is 3.99. The lowest BCUT2D eigenvalue weighted by Crippen LogP contribution is -2.18. The highest BCUT2D eigenvalue weighted by Gasteiger charge is 2.20. The van der Waals surface area contributed by atoms with Crippen molar-refractivity contribution in [3.8, 4) is 0 Å². The highest BCUT2D eigenvalue weighted by molar-refractivity contribution is 5.14. The van der Waals surface area contributed by atoms with E-state index in [1.54, 1.807) is 0 Å². The molecule has 0 aliphatic heterocycles. The van der Waals surface area contributed by atoms with Crippen LogP contribution in [0.25, 0.3) is 0 Å². The van der Waals surface area contributed by atoms with Crippen molar-refractivity contribution < 1.29 is 0 Å². The fourth-order valence-corrected chi connectivity index (χ4v) is 2.46. The van der Waals surface area contributed by atoms with Crippen LogP contribution >= 0.6 is 0 Å². The summed E-state index contributed by atoms with van der Waals surface area (Å²) in [5.74, 6) is 0. The van der Waals surface area contributed by atoms with Crippen molar-refractivity contribution in [1.29, 1.82) is 0 Å². The first-order valence-corrected chi connectivity index (χ1v) is 7.33. The minimum absolute atomic E-state index is 0.785. The number of benzene rings is 1. The topological polar surface area (TPSA) is 17.0 Å². The van der Waals surface area contributed by atoms with E-state index in [0.29, 0.717) is 0 Å². The molecule has 0 atom stereocenters. The highest BCUT2D eigenvalue weighted by atomic mass is 15.0. The third-order valence-corrected chi connectivity index (χ3v) is 3.78. The van der Waals surface area contributed by atoms with Crippen LogP contribution in [0, 0.1) is 0 Å². The van der Waals surface area contributed by atoms with Crippen molar-refractivity contribution in [3.63, 3.8) is 0 Å². The third kappa shape index (κ3) is 3.71. The predicted octanol–water partition coefficient (Wildman–Crippen LogP) is 3.37. The van der Waals surface area contributed by atoms with Crippen LogP contribution in [0.5, 0.6) is 0 Å². The molecule has 0 radical (unpaired) electrons. The van der Waals surface area contributed by atoms with E-state index in [2.05, 4.69) is 58.5 Å². The van der Waals surface area contributed by atoms with Gasteiger partial charge in [0.25, 0.3) is 0 Å². The number of nitrogens with one attached hydrogen (secondary N) is 1. The molecule has 0 saturated heterocycles. The maximum atomic E-state index is 3.59. The summed E-state index contributed by atoms with van der Waals surface area (Å²) in [6.45, 7) is 2.13. The Morgan fingerprint density at radius 3 is 2.68 bits per heavy atom. The maximum Gasteiger partial charge on any atom is 0.0361 e. The lowest BCUT2D eigenvalue weighted by atomic mass is 10.1. The van der Waals surface area contributed by atoms with E-state index < -0.39 is 0 Å². The number of aryl methyl sites for hydroxylation is 2. The van der Waals surface area contributed by atoms with E-state index in [1.165, 1.54) is 30.5 Å². The number of aromatic nitrogens is 1. The Morgan fingerprint density at radius 2 is 1.89 bits per heavy atom. The molecule has 19 heavy (non-hydrogen) atoms. The fourth-order valence-electron chi connectivity index (χ4n) is 2.46. The molecular weight excluding hydrogens is 232 g/mol. The summed E-state index contributed by atoms with van der Waals surface area (Å²) in [6, 6.07) is 15.9. The lowest BCUT2D eigenvalue weighted by Gasteiger charge is -2.10. The van der Waals surface area contributed by atoms with Gasteiger partial charge in [0.05, 0.1) is 0 Å². The van der Waals surface area contributed by atoms with Gasteiger partial charge in [-0.1, -0.05) is 30.3 Å². The molecule has 1 aliphatic rings. The molecule has 1 fully saturated rings. The van der Waals surface area contributed by atoms with Gasteiger partial charge in [-0.3, -0.25) is 0 Å². The summed E-state index contributed by atoms with van der Waals surface area (Å²) in [5, 5.41) is 3.59. The number of hydrogen-bond acceptors (Lipinski definition) is 1. The van der Waals surface area contributed by atoms with Gasteiger partial charge in [-0.25, -0.2) is 0 Å². The molecule has 3 rings (SSSR count). The molecule has 0 unspecified atom stereocenters. The van der Waals surface area contributed by atoms with Gasteiger partial charge < -0.3 is 9.88 Å². The van der Waals surface area contributed by atoms with Crippen LogP contribution in [0.15, 0.2) is 48.7 Å². The number of hydrogen-bond donors (Lipinski definition) is 1. The molecular formula is C17H22N2. The van der Waals surface area contributed by atoms with Crippen molar-refractivity contribution in [2.75, 3.05) is 0 Å². The van der Waals surface area contributed by atoms with Crippen molar-refractivity contribution in [2.45, 2.75) is 44.8 Å². The first-order chi connectivity index (χ1) is 9.42. The summed E-state index contributed by atoms with van der Waals surface area (Å²) >= 11 is 0. The lowest BCUT2D eigenvalue weighted by molar-refractivity contribution is 0.585. The first kappa shape index (κ1) is 12.5. The molecule has 1 saturated carbocycles. The van der Waals surface area contributed by atoms with E-state index in [-0.39, 0.29) is 0 Å². The van der Waals surface area contributed by atoms with Crippen molar-refractivity contribution in [2.24, 2.45) is 0 Å². The quantitative estimate of drug-likeness (QED) is 0.801. The summed E-state index contributed by atoms with van der Waals surface area (Å²) < 4.78 is 2.39. The fraction of sp³-hybridized carbons (Fsp3) is 0.412. The summed E-state index contributed by atoms with van der Waals surface area (Å²) in [6.07, 6.45) is 7.28. The van der Waals surface area contributed by atoms with Gasteiger partial charge in [-0.2, -0.15) is 0 Å². The zero-order valence-electron chi connectivity index (χ0n) is 11.4. The largest absolute Gasteiger partial charge is 0.350 e. The van der Waals surface area contributed by atoms with Crippen molar-refractivity contribution in [1.82, 2.24) is 9.88 Å². The van der Waals surface area contributed by atoms with Gasteiger partial charge in [0.1, 0.15) is 0 Å². The Balaban J connectivity index is 1.47. The summed E-state index contributed by atoms with van der Waals surface area (Å²) in [5.41, 5.74) is 2.85. The van der Waals surface area contributed by atoms with Gasteiger partial charge in [0, 0.05) is 31.0 Å². The Morgan fingerprint density at radius 1 is 1.05 bits per heavy atom. The van der Waals surface area contributed by atoms with Gasteiger partial charge >= 0.3 is 0 Å². The van der Waals surface area contributed by atoms with Crippen molar-refractivity contribution >= 4 is 0 Å². The van der Waals surface area contributed by atoms with Crippen LogP contribution in [-0.2, 0) is 19.5 Å². The molecule has 2 nitrogen and oxygen atoms in total. The van der Waals surface area contributed by atoms with Crippen molar-refractivity contribution in [3.05, 3.63) is 59.9 Å². The summed E-state index contributed by atoms with van der Waals surface area (Å²) in [4.78, 5) is 0. The van der Waals surface area contributed by atoms with Crippen LogP contribution in [0.2, 0.25) is 0 Å². The Labute approximate surface area is 115 Å². The average Bonchev–Trinajstić information content (AvgIpc) is 3.17. The highest BCUT2D eigenvalue weighted by Crippen LogP contribution is 2.19. The average molecular weight is 254 g/mol. The Bertz CT molecular complexity index is 497. The standard InChI is InChI=1S/C17H22N2/c1-2-6-15(7-3-1)8-4-12-19-13-5-9-17(19)14-18-16-10-11-16/h1-3,5-7,9,13,16,18H,4,8,10-12,14H2. The number of nitrogens with zero attached hydrogens (tertiary/aromatic N) is 1. The van der Waals surface area contributed by atoms with Crippen LogP contribution in [0.1, 0.15) is 30.5 Å². The van der Waals surface area contributed by atoms with Crippen LogP contribution in [0.4, 0.5) is 0 Å². The van der Waals surface area contributed by atoms with Crippen LogP contribution in [0.3, 0.4) is 0 Å². The van der Waals surface area contributed by atoms with Gasteiger partial charge in [-0.15, -0.1) is 0 Å². The molecule has 0 spiro atoms. The molecule has 1 aromatic carbocycles. The van der Waals surface area contributed by atoms with E-state index in [1.807, 2.05) is 0 Å². The van der Waals surface area contributed by atoms with E-state index in [4.69, 9.17) is 0 Å². The Hall–Kier alpha value is -1.54. The second-order valence-electron chi connectivity index (χ2n) is 5.44. The second-order valence-corrected chi connectivity index (χ2v) is 5.44. The summed E-state index contributed by atoms with van der Waals surface area (Å²) in [7, 11) is 0. The molecule has 1 heterocycles. The maximum absolute atomic E-state index is 3.59. The predicted molar refractivity (Wildman–Crippen MR) is 79.1 cm³/mol. The first-order valence-electron chi connectivity index (χ1n) is 7.33. The molecule has 2 aromatic rings. The van der Waals surface area contributed by atoms with Crippen LogP contribution < -0.4 is 5.32 Å². The normalized spacial score (nSPS) is 14.7. The monoisotopic (exact) mass is 254 g/mol. The smallest absolute Gasteiger partial charge is 0.0361 e. The molecule has 1 N–H and O–H groups in total. The number of rotatable bonds is 7. The van der Waals surface area contributed by atoms with E-state index in [9.17, 15) is 0 Å². The van der Waals surface area contributed by atoms with E-state index >= 15 is 0 Å². The molecule has 0 amide bonds. The molecule has 2 heteroatoms. The SMILES string of the molecule is c1ccc(CCCn2cccc2CNC2CC2)cc1. The minimum Gasteiger partial charge on any atom is -0.350 e. The zero-order valence-corrected chi connectivity index (χ0v) is 11.4. The molecule has 1 aromatic heterocycles. The van der Waals surface area contributed by atoms with Gasteiger partial charge in [-0.05, 0) is 43.4 Å². The van der Waals surface area contributed by atoms with Gasteiger partial charge in [0.15, 0.2) is 0 Å². The molecule has 1 aliphatic carbocycles. The van der Waals surface area contributed by atoms with Crippen LogP contribution in [-0.4, -0.2) is 10.6 Å². The molecule has 0 bridgehead atoms.